The number of nitrogens with one attached hydrogen (secondary N) is 1. The monoisotopic (exact) mass is 486 g/mol. The molecular weight excluding hydrogens is 444 g/mol. The minimum absolute atomic E-state index is 0.369. The van der Waals surface area contributed by atoms with Crippen LogP contribution in [0.1, 0.15) is 60.4 Å². The van der Waals surface area contributed by atoms with Gasteiger partial charge in [0.05, 0.1) is 7.11 Å². The van der Waals surface area contributed by atoms with Gasteiger partial charge in [0.1, 0.15) is 11.5 Å². The van der Waals surface area contributed by atoms with Crippen LogP contribution in [0.2, 0.25) is 0 Å². The standard InChI is InChI=1S/C32H42N2O2/c1-4-34(5-2)20-18-25-10-8-24(9-11-25)7-6-19-33-32-23-30(36-3)16-17-31(32)28-13-12-27-22-29(35)15-14-26(27)21-28/h8-11,14-17,22-23,28,33,35H,4-7,12-13,18-21H2,1-3H3. The first-order valence-electron chi connectivity index (χ1n) is 13.6. The van der Waals surface area contributed by atoms with Crippen LogP contribution in [0, 0.1) is 0 Å². The quantitative estimate of drug-likeness (QED) is 0.283. The van der Waals surface area contributed by atoms with Gasteiger partial charge in [0, 0.05) is 24.8 Å². The zero-order chi connectivity index (χ0) is 25.3. The second-order valence-corrected chi connectivity index (χ2v) is 9.97. The van der Waals surface area contributed by atoms with Gasteiger partial charge in [0.15, 0.2) is 0 Å². The molecule has 3 aromatic rings. The summed E-state index contributed by atoms with van der Waals surface area (Å²) in [5.74, 6) is 1.73. The summed E-state index contributed by atoms with van der Waals surface area (Å²) >= 11 is 0. The van der Waals surface area contributed by atoms with Crippen LogP contribution < -0.4 is 10.1 Å². The Bertz CT molecular complexity index is 1110. The second-order valence-electron chi connectivity index (χ2n) is 9.97. The fourth-order valence-electron chi connectivity index (χ4n) is 5.39. The topological polar surface area (TPSA) is 44.7 Å². The van der Waals surface area contributed by atoms with Gasteiger partial charge in [-0.1, -0.05) is 50.2 Å². The Kier molecular flexibility index (Phi) is 9.29. The first-order chi connectivity index (χ1) is 17.6. The number of anilines is 1. The number of rotatable bonds is 12. The minimum atomic E-state index is 0.369. The highest BCUT2D eigenvalue weighted by molar-refractivity contribution is 5.57. The van der Waals surface area contributed by atoms with Gasteiger partial charge in [-0.3, -0.25) is 0 Å². The van der Waals surface area contributed by atoms with E-state index in [-0.39, 0.29) is 0 Å². The maximum atomic E-state index is 9.83. The fourth-order valence-corrected chi connectivity index (χ4v) is 5.39. The molecule has 4 heteroatoms. The van der Waals surface area contributed by atoms with Gasteiger partial charge in [-0.15, -0.1) is 0 Å². The molecule has 192 valence electrons. The van der Waals surface area contributed by atoms with Gasteiger partial charge in [-0.05, 0) is 104 Å². The number of methoxy groups -OCH3 is 1. The van der Waals surface area contributed by atoms with Gasteiger partial charge in [0.2, 0.25) is 0 Å². The van der Waals surface area contributed by atoms with Crippen LogP contribution in [0.4, 0.5) is 5.69 Å². The van der Waals surface area contributed by atoms with Crippen molar-refractivity contribution in [2.45, 2.75) is 58.3 Å². The van der Waals surface area contributed by atoms with E-state index in [1.807, 2.05) is 12.1 Å². The molecule has 2 N–H and O–H groups in total. The Hall–Kier alpha value is -2.98. The molecule has 0 amide bonds. The summed E-state index contributed by atoms with van der Waals surface area (Å²) in [6, 6.07) is 21.5. The molecule has 4 rings (SSSR count). The van der Waals surface area contributed by atoms with Crippen molar-refractivity contribution in [3.05, 3.63) is 88.5 Å². The Labute approximate surface area is 217 Å². The van der Waals surface area contributed by atoms with Crippen molar-refractivity contribution >= 4 is 5.69 Å². The summed E-state index contributed by atoms with van der Waals surface area (Å²) in [5, 5.41) is 13.5. The van der Waals surface area contributed by atoms with Crippen molar-refractivity contribution in [3.63, 3.8) is 0 Å². The molecule has 0 saturated carbocycles. The molecule has 1 aliphatic carbocycles. The highest BCUT2D eigenvalue weighted by Gasteiger charge is 2.23. The zero-order valence-electron chi connectivity index (χ0n) is 22.2. The molecule has 3 aromatic carbocycles. The third kappa shape index (κ3) is 6.82. The Balaban J connectivity index is 1.33. The Morgan fingerprint density at radius 1 is 0.917 bits per heavy atom. The SMILES string of the molecule is CCN(CC)CCc1ccc(CCCNc2cc(OC)ccc2C2CCc3cc(O)ccc3C2)cc1. The zero-order valence-corrected chi connectivity index (χ0v) is 22.2. The molecular formula is C32H42N2O2. The van der Waals surface area contributed by atoms with Crippen LogP contribution in [-0.2, 0) is 25.7 Å². The number of phenols is 1. The van der Waals surface area contributed by atoms with E-state index < -0.39 is 0 Å². The smallest absolute Gasteiger partial charge is 0.120 e. The number of fused-ring (bicyclic) bond motifs is 1. The van der Waals surface area contributed by atoms with Crippen LogP contribution in [-0.4, -0.2) is 43.3 Å². The molecule has 0 fully saturated rings. The lowest BCUT2D eigenvalue weighted by atomic mass is 9.79. The summed E-state index contributed by atoms with van der Waals surface area (Å²) in [4.78, 5) is 2.48. The molecule has 36 heavy (non-hydrogen) atoms. The maximum absolute atomic E-state index is 9.83. The third-order valence-corrected chi connectivity index (χ3v) is 7.71. The number of aromatic hydroxyl groups is 1. The van der Waals surface area contributed by atoms with Crippen LogP contribution in [0.25, 0.3) is 0 Å². The summed E-state index contributed by atoms with van der Waals surface area (Å²) in [6.07, 6.45) is 6.39. The van der Waals surface area contributed by atoms with Gasteiger partial charge in [-0.25, -0.2) is 0 Å². The molecule has 0 bridgehead atoms. The van der Waals surface area contributed by atoms with Crippen molar-refractivity contribution in [3.8, 4) is 11.5 Å². The summed E-state index contributed by atoms with van der Waals surface area (Å²) in [6.45, 7) is 8.77. The lowest BCUT2D eigenvalue weighted by molar-refractivity contribution is 0.308. The van der Waals surface area contributed by atoms with Gasteiger partial charge in [-0.2, -0.15) is 0 Å². The van der Waals surface area contributed by atoms with E-state index in [0.29, 0.717) is 11.7 Å². The predicted molar refractivity (Wildman–Crippen MR) is 151 cm³/mol. The van der Waals surface area contributed by atoms with E-state index >= 15 is 0 Å². The van der Waals surface area contributed by atoms with Crippen LogP contribution in [0.3, 0.4) is 0 Å². The average molecular weight is 487 g/mol. The molecule has 1 aliphatic rings. The maximum Gasteiger partial charge on any atom is 0.120 e. The third-order valence-electron chi connectivity index (χ3n) is 7.71. The fraction of sp³-hybridized carbons (Fsp3) is 0.438. The van der Waals surface area contributed by atoms with Crippen LogP contribution in [0.15, 0.2) is 60.7 Å². The Morgan fingerprint density at radius 3 is 2.39 bits per heavy atom. The normalized spacial score (nSPS) is 15.1. The minimum Gasteiger partial charge on any atom is -0.508 e. The van der Waals surface area contributed by atoms with Crippen molar-refractivity contribution in [1.82, 2.24) is 4.90 Å². The van der Waals surface area contributed by atoms with E-state index in [0.717, 1.165) is 70.5 Å². The molecule has 0 saturated heterocycles. The molecule has 0 aromatic heterocycles. The van der Waals surface area contributed by atoms with Crippen molar-refractivity contribution in [2.24, 2.45) is 0 Å². The van der Waals surface area contributed by atoms with E-state index in [9.17, 15) is 5.11 Å². The summed E-state index contributed by atoms with van der Waals surface area (Å²) in [7, 11) is 1.73. The molecule has 0 heterocycles. The van der Waals surface area contributed by atoms with Crippen molar-refractivity contribution in [1.29, 1.82) is 0 Å². The number of phenolic OH excluding ortho intramolecular Hbond substituents is 1. The van der Waals surface area contributed by atoms with E-state index in [4.69, 9.17) is 4.74 Å². The van der Waals surface area contributed by atoms with Crippen molar-refractivity contribution in [2.75, 3.05) is 38.6 Å². The lowest BCUT2D eigenvalue weighted by Gasteiger charge is -2.27. The van der Waals surface area contributed by atoms with Crippen LogP contribution >= 0.6 is 0 Å². The highest BCUT2D eigenvalue weighted by Crippen LogP contribution is 2.38. The van der Waals surface area contributed by atoms with E-state index in [2.05, 4.69) is 72.6 Å². The first-order valence-corrected chi connectivity index (χ1v) is 13.6. The van der Waals surface area contributed by atoms with E-state index in [1.165, 1.54) is 33.5 Å². The van der Waals surface area contributed by atoms with Crippen LogP contribution in [0.5, 0.6) is 11.5 Å². The number of benzene rings is 3. The largest absolute Gasteiger partial charge is 0.508 e. The Morgan fingerprint density at radius 2 is 1.67 bits per heavy atom. The number of hydrogen-bond donors (Lipinski definition) is 2. The number of aryl methyl sites for hydroxylation is 2. The number of likely N-dealkylation sites (N-methyl/N-ethyl adjacent to an activating group) is 1. The molecule has 0 aliphatic heterocycles. The molecule has 0 radical (unpaired) electrons. The van der Waals surface area contributed by atoms with Gasteiger partial charge < -0.3 is 20.1 Å². The van der Waals surface area contributed by atoms with Gasteiger partial charge >= 0.3 is 0 Å². The number of ether oxygens (including phenoxy) is 1. The number of hydrogen-bond acceptors (Lipinski definition) is 4. The highest BCUT2D eigenvalue weighted by atomic mass is 16.5. The number of nitrogens with zero attached hydrogens (tertiary/aromatic N) is 1. The lowest BCUT2D eigenvalue weighted by Crippen LogP contribution is -2.25. The van der Waals surface area contributed by atoms with Gasteiger partial charge in [0.25, 0.3) is 0 Å². The second kappa shape index (κ2) is 12.8. The summed E-state index contributed by atoms with van der Waals surface area (Å²) in [5.41, 5.74) is 8.02. The van der Waals surface area contributed by atoms with E-state index in [1.54, 1.807) is 7.11 Å². The summed E-state index contributed by atoms with van der Waals surface area (Å²) < 4.78 is 5.53. The van der Waals surface area contributed by atoms with Crippen molar-refractivity contribution < 1.29 is 9.84 Å². The first kappa shape index (κ1) is 26.1. The molecule has 1 atom stereocenters. The molecule has 0 spiro atoms. The average Bonchev–Trinajstić information content (AvgIpc) is 2.92. The molecule has 1 unspecified atom stereocenters. The molecule has 4 nitrogen and oxygen atoms in total. The predicted octanol–water partition coefficient (Wildman–Crippen LogP) is 6.60.